The molecule has 0 amide bonds. The summed E-state index contributed by atoms with van der Waals surface area (Å²) in [5.74, 6) is 0.779. The third kappa shape index (κ3) is 2.06. The third-order valence-corrected chi connectivity index (χ3v) is 3.50. The van der Waals surface area contributed by atoms with E-state index in [0.29, 0.717) is 17.1 Å². The number of alkyl halides is 1. The molecule has 78 valence electrons. The maximum atomic E-state index is 11.1. The van der Waals surface area contributed by atoms with Gasteiger partial charge in [-0.3, -0.25) is 0 Å². The SMILES string of the molecule is O=S=C1c2ccccc2C=CC1CCCl. The minimum Gasteiger partial charge on any atom is -0.212 e. The Morgan fingerprint density at radius 2 is 2.13 bits per heavy atom. The molecule has 3 heteroatoms. The van der Waals surface area contributed by atoms with E-state index in [1.54, 1.807) is 0 Å². The van der Waals surface area contributed by atoms with Crippen molar-refractivity contribution in [2.24, 2.45) is 5.92 Å². The van der Waals surface area contributed by atoms with E-state index in [4.69, 9.17) is 11.6 Å². The lowest BCUT2D eigenvalue weighted by Gasteiger charge is -2.19. The summed E-state index contributed by atoms with van der Waals surface area (Å²) in [6.45, 7) is 0. The van der Waals surface area contributed by atoms with Crippen molar-refractivity contribution >= 4 is 33.8 Å². The van der Waals surface area contributed by atoms with Crippen LogP contribution >= 0.6 is 11.6 Å². The summed E-state index contributed by atoms with van der Waals surface area (Å²) < 4.78 is 11.1. The quantitative estimate of drug-likeness (QED) is 0.572. The first-order chi connectivity index (χ1) is 7.36. The molecule has 1 aromatic carbocycles. The van der Waals surface area contributed by atoms with Gasteiger partial charge in [0, 0.05) is 11.8 Å². The lowest BCUT2D eigenvalue weighted by molar-refractivity contribution is 0.700. The van der Waals surface area contributed by atoms with Gasteiger partial charge in [0.25, 0.3) is 0 Å². The van der Waals surface area contributed by atoms with Gasteiger partial charge in [-0.1, -0.05) is 36.4 Å². The number of halogens is 1. The zero-order valence-electron chi connectivity index (χ0n) is 8.15. The fourth-order valence-corrected chi connectivity index (χ4v) is 2.66. The van der Waals surface area contributed by atoms with Crippen LogP contribution in [0.4, 0.5) is 0 Å². The van der Waals surface area contributed by atoms with Gasteiger partial charge in [0.1, 0.15) is 0 Å². The summed E-state index contributed by atoms with van der Waals surface area (Å²) >= 11 is 6.32. The second kappa shape index (κ2) is 4.77. The number of fused-ring (bicyclic) bond motifs is 1. The number of hydrogen-bond donors (Lipinski definition) is 0. The van der Waals surface area contributed by atoms with Crippen LogP contribution in [-0.4, -0.2) is 15.0 Å². The van der Waals surface area contributed by atoms with Crippen molar-refractivity contribution in [2.45, 2.75) is 6.42 Å². The molecule has 0 N–H and O–H groups in total. The molecule has 1 unspecified atom stereocenters. The van der Waals surface area contributed by atoms with Crippen LogP contribution in [-0.2, 0) is 11.3 Å². The molecule has 0 radical (unpaired) electrons. The first-order valence-corrected chi connectivity index (χ1v) is 6.14. The fourth-order valence-electron chi connectivity index (χ4n) is 1.83. The van der Waals surface area contributed by atoms with Gasteiger partial charge in [0.05, 0.1) is 16.1 Å². The van der Waals surface area contributed by atoms with Gasteiger partial charge in [-0.15, -0.1) is 11.6 Å². The second-order valence-electron chi connectivity index (χ2n) is 3.48. The van der Waals surface area contributed by atoms with Crippen LogP contribution in [0.1, 0.15) is 17.5 Å². The Hall–Kier alpha value is -0.860. The number of rotatable bonds is 2. The highest BCUT2D eigenvalue weighted by atomic mass is 35.5. The fraction of sp³-hybridized carbons (Fsp3) is 0.250. The molecule has 0 heterocycles. The van der Waals surface area contributed by atoms with E-state index in [0.717, 1.165) is 22.4 Å². The molecule has 1 aliphatic carbocycles. The molecule has 15 heavy (non-hydrogen) atoms. The Bertz CT molecular complexity index is 447. The minimum atomic E-state index is 0.194. The molecule has 0 spiro atoms. The van der Waals surface area contributed by atoms with Gasteiger partial charge in [-0.05, 0) is 17.5 Å². The summed E-state index contributed by atoms with van der Waals surface area (Å²) in [6.07, 6.45) is 4.98. The first kappa shape index (κ1) is 10.7. The van der Waals surface area contributed by atoms with Crippen LogP contribution in [0.5, 0.6) is 0 Å². The summed E-state index contributed by atoms with van der Waals surface area (Å²) in [6, 6.07) is 7.98. The standard InChI is InChI=1S/C12H11ClOS/c13-8-7-10-6-5-9-3-1-2-4-11(9)12(10)15-14/h1-6,10H,7-8H2. The van der Waals surface area contributed by atoms with E-state index in [-0.39, 0.29) is 5.92 Å². The van der Waals surface area contributed by atoms with E-state index in [9.17, 15) is 4.21 Å². The van der Waals surface area contributed by atoms with Gasteiger partial charge >= 0.3 is 0 Å². The smallest absolute Gasteiger partial charge is 0.0933 e. The second-order valence-corrected chi connectivity index (χ2v) is 4.46. The van der Waals surface area contributed by atoms with Crippen molar-refractivity contribution in [1.82, 2.24) is 0 Å². The molecule has 1 nitrogen and oxygen atoms in total. The largest absolute Gasteiger partial charge is 0.212 e. The molecule has 0 fully saturated rings. The molecule has 1 atom stereocenters. The summed E-state index contributed by atoms with van der Waals surface area (Å²) in [7, 11) is 0. The van der Waals surface area contributed by atoms with Crippen LogP contribution in [0.2, 0.25) is 0 Å². The van der Waals surface area contributed by atoms with Crippen LogP contribution in [0, 0.1) is 5.92 Å². The van der Waals surface area contributed by atoms with Gasteiger partial charge in [-0.25, -0.2) is 4.21 Å². The van der Waals surface area contributed by atoms with E-state index < -0.39 is 0 Å². The van der Waals surface area contributed by atoms with E-state index >= 15 is 0 Å². The van der Waals surface area contributed by atoms with Crippen LogP contribution in [0.15, 0.2) is 30.3 Å². The van der Waals surface area contributed by atoms with Crippen LogP contribution in [0.3, 0.4) is 0 Å². The highest BCUT2D eigenvalue weighted by Gasteiger charge is 2.19. The molecule has 1 aromatic rings. The topological polar surface area (TPSA) is 17.1 Å². The molecule has 0 aromatic heterocycles. The predicted molar refractivity (Wildman–Crippen MR) is 66.6 cm³/mol. The van der Waals surface area contributed by atoms with Gasteiger partial charge in [-0.2, -0.15) is 0 Å². The Morgan fingerprint density at radius 1 is 1.33 bits per heavy atom. The Labute approximate surface area is 97.8 Å². The van der Waals surface area contributed by atoms with E-state index in [1.807, 2.05) is 24.3 Å². The summed E-state index contributed by atoms with van der Waals surface area (Å²) in [5, 5.41) is 0. The van der Waals surface area contributed by atoms with Crippen molar-refractivity contribution in [3.05, 3.63) is 41.5 Å². The van der Waals surface area contributed by atoms with E-state index in [1.165, 1.54) is 0 Å². The van der Waals surface area contributed by atoms with Gasteiger partial charge in [0.15, 0.2) is 0 Å². The molecular formula is C12H11ClOS. The molecule has 2 rings (SSSR count). The highest BCUT2D eigenvalue weighted by molar-refractivity contribution is 7.67. The molecule has 0 saturated carbocycles. The maximum Gasteiger partial charge on any atom is 0.0933 e. The lowest BCUT2D eigenvalue weighted by Crippen LogP contribution is -2.18. The van der Waals surface area contributed by atoms with Crippen LogP contribution < -0.4 is 0 Å². The predicted octanol–water partition coefficient (Wildman–Crippen LogP) is 2.69. The number of allylic oxidation sites excluding steroid dienone is 1. The third-order valence-electron chi connectivity index (χ3n) is 2.58. The number of hydrogen-bond acceptors (Lipinski definition) is 1. The van der Waals surface area contributed by atoms with Crippen molar-refractivity contribution in [2.75, 3.05) is 5.88 Å². The normalized spacial score (nSPS) is 18.7. The molecule has 0 bridgehead atoms. The number of benzene rings is 1. The highest BCUT2D eigenvalue weighted by Crippen LogP contribution is 2.24. The van der Waals surface area contributed by atoms with Crippen LogP contribution in [0.25, 0.3) is 6.08 Å². The maximum absolute atomic E-state index is 11.1. The molecule has 0 aliphatic heterocycles. The van der Waals surface area contributed by atoms with Crippen molar-refractivity contribution in [1.29, 1.82) is 0 Å². The first-order valence-electron chi connectivity index (χ1n) is 4.87. The average molecular weight is 239 g/mol. The molecular weight excluding hydrogens is 228 g/mol. The minimum absolute atomic E-state index is 0.194. The Balaban J connectivity index is 2.47. The Kier molecular flexibility index (Phi) is 3.39. The average Bonchev–Trinajstić information content (AvgIpc) is 2.29. The van der Waals surface area contributed by atoms with Crippen molar-refractivity contribution in [3.8, 4) is 0 Å². The summed E-state index contributed by atoms with van der Waals surface area (Å²) in [5.41, 5.74) is 2.19. The Morgan fingerprint density at radius 3 is 2.87 bits per heavy atom. The molecule has 1 aliphatic rings. The zero-order chi connectivity index (χ0) is 10.7. The van der Waals surface area contributed by atoms with Crippen molar-refractivity contribution in [3.63, 3.8) is 0 Å². The van der Waals surface area contributed by atoms with Crippen molar-refractivity contribution < 1.29 is 4.21 Å². The van der Waals surface area contributed by atoms with Gasteiger partial charge in [0.2, 0.25) is 0 Å². The molecule has 0 saturated heterocycles. The summed E-state index contributed by atoms with van der Waals surface area (Å²) in [4.78, 5) is 0.897. The van der Waals surface area contributed by atoms with Gasteiger partial charge < -0.3 is 0 Å². The zero-order valence-corrected chi connectivity index (χ0v) is 9.72. The monoisotopic (exact) mass is 238 g/mol. The lowest BCUT2D eigenvalue weighted by atomic mass is 9.88. The van der Waals surface area contributed by atoms with E-state index in [2.05, 4.69) is 12.2 Å².